The van der Waals surface area contributed by atoms with Gasteiger partial charge in [-0.15, -0.1) is 6.58 Å². The Morgan fingerprint density at radius 2 is 2.00 bits per heavy atom. The Morgan fingerprint density at radius 1 is 1.29 bits per heavy atom. The minimum atomic E-state index is -0.421. The molecule has 0 saturated carbocycles. The molecule has 1 unspecified atom stereocenters. The fraction of sp³-hybridized carbons (Fsp3) is 0.529. The maximum absolute atomic E-state index is 9.41. The third-order valence-electron chi connectivity index (χ3n) is 3.68. The average Bonchev–Trinajstić information content (AvgIpc) is 2.55. The Balaban J connectivity index is 2.00. The highest BCUT2D eigenvalue weighted by Crippen LogP contribution is 2.32. The van der Waals surface area contributed by atoms with Crippen molar-refractivity contribution in [2.45, 2.75) is 44.2 Å². The lowest BCUT2D eigenvalue weighted by Gasteiger charge is -2.35. The van der Waals surface area contributed by atoms with Crippen LogP contribution in [0, 0.1) is 0 Å². The highest BCUT2D eigenvalue weighted by atomic mass is 16.7. The van der Waals surface area contributed by atoms with Gasteiger partial charge in [-0.2, -0.15) is 0 Å². The van der Waals surface area contributed by atoms with Crippen LogP contribution in [-0.4, -0.2) is 31.0 Å². The fourth-order valence-corrected chi connectivity index (χ4v) is 2.50. The molecule has 1 aromatic rings. The van der Waals surface area contributed by atoms with Crippen LogP contribution in [0.3, 0.4) is 0 Å². The molecule has 0 radical (unpaired) electrons. The first kappa shape index (κ1) is 16.0. The summed E-state index contributed by atoms with van der Waals surface area (Å²) in [6.45, 7) is 3.76. The van der Waals surface area contributed by atoms with E-state index < -0.39 is 6.29 Å². The molecule has 1 aliphatic rings. The van der Waals surface area contributed by atoms with E-state index in [0.29, 0.717) is 0 Å². The van der Waals surface area contributed by atoms with Gasteiger partial charge in [0.2, 0.25) is 0 Å². The Bertz CT molecular complexity index is 429. The van der Waals surface area contributed by atoms with Gasteiger partial charge in [0.15, 0.2) is 6.29 Å². The third kappa shape index (κ3) is 4.56. The van der Waals surface area contributed by atoms with E-state index in [9.17, 15) is 5.11 Å². The summed E-state index contributed by atoms with van der Waals surface area (Å²) in [4.78, 5) is 0. The van der Waals surface area contributed by atoms with Crippen LogP contribution in [-0.2, 0) is 9.47 Å². The van der Waals surface area contributed by atoms with E-state index in [-0.39, 0.29) is 18.8 Å². The second-order valence-electron chi connectivity index (χ2n) is 5.26. The van der Waals surface area contributed by atoms with Gasteiger partial charge in [-0.1, -0.05) is 18.2 Å². The Kier molecular flexibility index (Phi) is 6.23. The van der Waals surface area contributed by atoms with Gasteiger partial charge in [0.1, 0.15) is 5.75 Å². The monoisotopic (exact) mass is 292 g/mol. The van der Waals surface area contributed by atoms with Gasteiger partial charge in [-0.05, 0) is 31.4 Å². The van der Waals surface area contributed by atoms with Gasteiger partial charge in [-0.3, -0.25) is 0 Å². The number of aliphatic hydroxyl groups is 1. The molecule has 1 N–H and O–H groups in total. The van der Waals surface area contributed by atoms with E-state index in [1.165, 1.54) is 0 Å². The van der Waals surface area contributed by atoms with Gasteiger partial charge < -0.3 is 19.3 Å². The zero-order valence-corrected chi connectivity index (χ0v) is 12.5. The third-order valence-corrected chi connectivity index (χ3v) is 3.68. The van der Waals surface area contributed by atoms with Crippen LogP contribution in [0.25, 0.3) is 0 Å². The summed E-state index contributed by atoms with van der Waals surface area (Å²) in [6.07, 6.45) is 5.17. The molecular weight excluding hydrogens is 268 g/mol. The summed E-state index contributed by atoms with van der Waals surface area (Å²) in [5.74, 6) is 0.802. The van der Waals surface area contributed by atoms with Crippen molar-refractivity contribution in [3.63, 3.8) is 0 Å². The fourth-order valence-electron chi connectivity index (χ4n) is 2.50. The summed E-state index contributed by atoms with van der Waals surface area (Å²) < 4.78 is 17.0. The molecule has 0 spiro atoms. The number of rotatable bonds is 7. The second-order valence-corrected chi connectivity index (χ2v) is 5.26. The van der Waals surface area contributed by atoms with Gasteiger partial charge in [0.05, 0.1) is 25.9 Å². The number of allylic oxidation sites excluding steroid dienone is 1. The number of methoxy groups -OCH3 is 1. The molecule has 1 aliphatic heterocycles. The molecular formula is C17H24O4. The highest BCUT2D eigenvalue weighted by Gasteiger charge is 2.30. The SMILES string of the molecule is C=CCCC[C@@H]1C[C@H](CO)OC(c2ccc(OC)cc2)O1. The minimum Gasteiger partial charge on any atom is -0.497 e. The molecule has 116 valence electrons. The van der Waals surface area contributed by atoms with Crippen molar-refractivity contribution in [3.8, 4) is 5.75 Å². The second kappa shape index (κ2) is 8.17. The number of hydrogen-bond donors (Lipinski definition) is 1. The quantitative estimate of drug-likeness (QED) is 0.619. The smallest absolute Gasteiger partial charge is 0.184 e. The molecule has 4 heteroatoms. The molecule has 0 aliphatic carbocycles. The number of ether oxygens (including phenoxy) is 3. The Hall–Kier alpha value is -1.36. The summed E-state index contributed by atoms with van der Waals surface area (Å²) in [5.41, 5.74) is 0.947. The number of unbranched alkanes of at least 4 members (excludes halogenated alkanes) is 1. The lowest BCUT2D eigenvalue weighted by molar-refractivity contribution is -0.254. The molecule has 0 aromatic heterocycles. The van der Waals surface area contributed by atoms with Crippen molar-refractivity contribution in [3.05, 3.63) is 42.5 Å². The van der Waals surface area contributed by atoms with E-state index in [1.807, 2.05) is 30.3 Å². The van der Waals surface area contributed by atoms with Gasteiger partial charge >= 0.3 is 0 Å². The number of hydrogen-bond acceptors (Lipinski definition) is 4. The van der Waals surface area contributed by atoms with Crippen LogP contribution in [0.4, 0.5) is 0 Å². The zero-order valence-electron chi connectivity index (χ0n) is 12.5. The number of benzene rings is 1. The minimum absolute atomic E-state index is 0.0218. The topological polar surface area (TPSA) is 47.9 Å². The van der Waals surface area contributed by atoms with Crippen molar-refractivity contribution in [1.82, 2.24) is 0 Å². The predicted octanol–water partition coefficient (Wildman–Crippen LogP) is 3.22. The zero-order chi connectivity index (χ0) is 15.1. The lowest BCUT2D eigenvalue weighted by Crippen LogP contribution is -2.35. The Morgan fingerprint density at radius 3 is 2.62 bits per heavy atom. The van der Waals surface area contributed by atoms with Crippen LogP contribution in [0.2, 0.25) is 0 Å². The molecule has 4 nitrogen and oxygen atoms in total. The van der Waals surface area contributed by atoms with Gasteiger partial charge in [0, 0.05) is 12.0 Å². The maximum Gasteiger partial charge on any atom is 0.184 e. The van der Waals surface area contributed by atoms with Crippen LogP contribution >= 0.6 is 0 Å². The number of aliphatic hydroxyl groups excluding tert-OH is 1. The van der Waals surface area contributed by atoms with Crippen molar-refractivity contribution < 1.29 is 19.3 Å². The van der Waals surface area contributed by atoms with Gasteiger partial charge in [0.25, 0.3) is 0 Å². The molecule has 1 heterocycles. The maximum atomic E-state index is 9.41. The molecule has 1 saturated heterocycles. The average molecular weight is 292 g/mol. The summed E-state index contributed by atoms with van der Waals surface area (Å²) in [7, 11) is 1.64. The molecule has 0 bridgehead atoms. The van der Waals surface area contributed by atoms with E-state index in [0.717, 1.165) is 37.0 Å². The Labute approximate surface area is 126 Å². The van der Waals surface area contributed by atoms with Crippen LogP contribution < -0.4 is 4.74 Å². The first-order chi connectivity index (χ1) is 10.3. The molecule has 1 aromatic carbocycles. The van der Waals surface area contributed by atoms with Crippen molar-refractivity contribution in [2.24, 2.45) is 0 Å². The largest absolute Gasteiger partial charge is 0.497 e. The molecule has 1 fully saturated rings. The normalized spacial score (nSPS) is 25.5. The summed E-state index contributed by atoms with van der Waals surface area (Å²) >= 11 is 0. The van der Waals surface area contributed by atoms with Crippen LogP contribution in [0.5, 0.6) is 5.75 Å². The van der Waals surface area contributed by atoms with Crippen molar-refractivity contribution >= 4 is 0 Å². The molecule has 3 atom stereocenters. The van der Waals surface area contributed by atoms with Crippen LogP contribution in [0.1, 0.15) is 37.5 Å². The molecule has 2 rings (SSSR count). The van der Waals surface area contributed by atoms with Crippen molar-refractivity contribution in [1.29, 1.82) is 0 Å². The van der Waals surface area contributed by atoms with Gasteiger partial charge in [-0.25, -0.2) is 0 Å². The van der Waals surface area contributed by atoms with Crippen molar-refractivity contribution in [2.75, 3.05) is 13.7 Å². The lowest BCUT2D eigenvalue weighted by atomic mass is 10.0. The first-order valence-corrected chi connectivity index (χ1v) is 7.43. The first-order valence-electron chi connectivity index (χ1n) is 7.43. The van der Waals surface area contributed by atoms with E-state index in [1.54, 1.807) is 7.11 Å². The van der Waals surface area contributed by atoms with E-state index in [4.69, 9.17) is 14.2 Å². The van der Waals surface area contributed by atoms with E-state index in [2.05, 4.69) is 6.58 Å². The summed E-state index contributed by atoms with van der Waals surface area (Å²) in [5, 5.41) is 9.41. The standard InChI is InChI=1S/C17H24O4/c1-3-4-5-6-15-11-16(12-18)21-17(20-15)13-7-9-14(19-2)10-8-13/h3,7-10,15-18H,1,4-6,11-12H2,2H3/t15-,16-,17?/m1/s1. The molecule has 21 heavy (non-hydrogen) atoms. The predicted molar refractivity (Wildman–Crippen MR) is 81.2 cm³/mol. The van der Waals surface area contributed by atoms with E-state index >= 15 is 0 Å². The molecule has 0 amide bonds. The highest BCUT2D eigenvalue weighted by molar-refractivity contribution is 5.28. The summed E-state index contributed by atoms with van der Waals surface area (Å²) in [6, 6.07) is 7.64. The van der Waals surface area contributed by atoms with Crippen LogP contribution in [0.15, 0.2) is 36.9 Å².